The van der Waals surface area contributed by atoms with Crippen molar-refractivity contribution in [2.75, 3.05) is 0 Å². The maximum absolute atomic E-state index is 11.0. The molecular weight excluding hydrogens is 255 g/mol. The minimum atomic E-state index is 0.00270. The second-order valence-corrected chi connectivity index (χ2v) is 5.14. The lowest BCUT2D eigenvalue weighted by atomic mass is 9.84. The molecule has 62 valence electrons. The van der Waals surface area contributed by atoms with Gasteiger partial charge in [-0.25, -0.2) is 0 Å². The lowest BCUT2D eigenvalue weighted by Crippen LogP contribution is -2.39. The third kappa shape index (κ3) is 1.08. The standard InChI is InChI=1S/C8H11IO2/c1-8-3-2-5(7(8)9)11-6(10)4-8/h5,7H,2-4H2,1H3. The number of halogens is 1. The number of fused-ring (bicyclic) bond motifs is 2. The van der Waals surface area contributed by atoms with Crippen molar-refractivity contribution in [3.63, 3.8) is 0 Å². The van der Waals surface area contributed by atoms with Crippen molar-refractivity contribution >= 4 is 28.6 Å². The van der Waals surface area contributed by atoms with Gasteiger partial charge in [-0.3, -0.25) is 4.79 Å². The Morgan fingerprint density at radius 2 is 2.45 bits per heavy atom. The monoisotopic (exact) mass is 266 g/mol. The molecule has 2 nitrogen and oxygen atoms in total. The fourth-order valence-electron chi connectivity index (χ4n) is 2.05. The Morgan fingerprint density at radius 1 is 1.73 bits per heavy atom. The number of ether oxygens (including phenoxy) is 1. The highest BCUT2D eigenvalue weighted by atomic mass is 127. The molecule has 1 saturated carbocycles. The van der Waals surface area contributed by atoms with Gasteiger partial charge in [-0.1, -0.05) is 29.5 Å². The number of alkyl halides is 1. The van der Waals surface area contributed by atoms with E-state index in [9.17, 15) is 4.79 Å². The van der Waals surface area contributed by atoms with Gasteiger partial charge in [0, 0.05) is 0 Å². The normalized spacial score (nSPS) is 49.1. The molecule has 1 heterocycles. The van der Waals surface area contributed by atoms with Gasteiger partial charge in [0.25, 0.3) is 0 Å². The Labute approximate surface area is 79.8 Å². The molecule has 2 fully saturated rings. The second-order valence-electron chi connectivity index (χ2n) is 3.80. The van der Waals surface area contributed by atoms with Crippen molar-refractivity contribution in [3.8, 4) is 0 Å². The maximum atomic E-state index is 11.0. The van der Waals surface area contributed by atoms with Crippen molar-refractivity contribution in [2.24, 2.45) is 5.41 Å². The van der Waals surface area contributed by atoms with E-state index in [1.165, 1.54) is 0 Å². The summed E-state index contributed by atoms with van der Waals surface area (Å²) in [6.45, 7) is 2.20. The highest BCUT2D eigenvalue weighted by Crippen LogP contribution is 2.49. The predicted octanol–water partition coefficient (Wildman–Crippen LogP) is 1.91. The summed E-state index contributed by atoms with van der Waals surface area (Å²) in [5, 5.41) is 0. The molecule has 2 aliphatic rings. The van der Waals surface area contributed by atoms with Crippen LogP contribution in [0, 0.1) is 5.41 Å². The van der Waals surface area contributed by atoms with Crippen molar-refractivity contribution in [1.29, 1.82) is 0 Å². The van der Waals surface area contributed by atoms with E-state index in [0.29, 0.717) is 10.3 Å². The molecule has 0 N–H and O–H groups in total. The molecule has 0 aromatic heterocycles. The van der Waals surface area contributed by atoms with E-state index < -0.39 is 0 Å². The van der Waals surface area contributed by atoms with E-state index in [1.807, 2.05) is 0 Å². The van der Waals surface area contributed by atoms with Gasteiger partial charge in [0.15, 0.2) is 0 Å². The van der Waals surface area contributed by atoms with E-state index in [4.69, 9.17) is 4.74 Å². The molecule has 3 atom stereocenters. The van der Waals surface area contributed by atoms with Crippen LogP contribution in [0.2, 0.25) is 0 Å². The number of carbonyl (C=O) groups excluding carboxylic acids is 1. The molecule has 0 radical (unpaired) electrons. The molecule has 1 saturated heterocycles. The summed E-state index contributed by atoms with van der Waals surface area (Å²) in [7, 11) is 0. The van der Waals surface area contributed by atoms with Gasteiger partial charge in [-0.15, -0.1) is 0 Å². The van der Waals surface area contributed by atoms with E-state index >= 15 is 0 Å². The van der Waals surface area contributed by atoms with Crippen LogP contribution >= 0.6 is 22.6 Å². The first kappa shape index (κ1) is 7.83. The van der Waals surface area contributed by atoms with Crippen molar-refractivity contribution in [1.82, 2.24) is 0 Å². The smallest absolute Gasteiger partial charge is 0.306 e. The zero-order chi connectivity index (χ0) is 8.06. The van der Waals surface area contributed by atoms with Crippen LogP contribution in [-0.2, 0) is 9.53 Å². The van der Waals surface area contributed by atoms with Crippen molar-refractivity contribution in [3.05, 3.63) is 0 Å². The van der Waals surface area contributed by atoms with Gasteiger partial charge >= 0.3 is 5.97 Å². The SMILES string of the molecule is CC12CCC(OC(=O)C1)C2I. The molecule has 0 amide bonds. The van der Waals surface area contributed by atoms with Crippen LogP contribution < -0.4 is 0 Å². The summed E-state index contributed by atoms with van der Waals surface area (Å²) >= 11 is 2.42. The molecule has 0 aromatic rings. The van der Waals surface area contributed by atoms with E-state index in [0.717, 1.165) is 12.8 Å². The zero-order valence-electron chi connectivity index (χ0n) is 6.47. The van der Waals surface area contributed by atoms with Gasteiger partial charge in [-0.2, -0.15) is 0 Å². The molecular formula is C8H11IO2. The Bertz CT molecular complexity index is 204. The Morgan fingerprint density at radius 3 is 3.09 bits per heavy atom. The first-order chi connectivity index (χ1) is 5.12. The summed E-state index contributed by atoms with van der Waals surface area (Å²) in [4.78, 5) is 11.0. The highest BCUT2D eigenvalue weighted by molar-refractivity contribution is 14.1. The zero-order valence-corrected chi connectivity index (χ0v) is 8.63. The van der Waals surface area contributed by atoms with Gasteiger partial charge in [0.2, 0.25) is 0 Å². The lowest BCUT2D eigenvalue weighted by Gasteiger charge is -2.33. The summed E-state index contributed by atoms with van der Waals surface area (Å²) in [5.41, 5.74) is 0.237. The fourth-order valence-corrected chi connectivity index (χ4v) is 3.09. The van der Waals surface area contributed by atoms with E-state index in [2.05, 4.69) is 29.5 Å². The van der Waals surface area contributed by atoms with Crippen LogP contribution in [0.1, 0.15) is 26.2 Å². The van der Waals surface area contributed by atoms with Crippen molar-refractivity contribution in [2.45, 2.75) is 36.2 Å². The molecule has 1 aliphatic heterocycles. The van der Waals surface area contributed by atoms with Crippen LogP contribution in [-0.4, -0.2) is 16.0 Å². The van der Waals surface area contributed by atoms with Crippen LogP contribution in [0.25, 0.3) is 0 Å². The Kier molecular flexibility index (Phi) is 1.67. The lowest BCUT2D eigenvalue weighted by molar-refractivity contribution is -0.154. The van der Waals surface area contributed by atoms with Gasteiger partial charge in [-0.05, 0) is 18.3 Å². The molecule has 0 aromatic carbocycles. The maximum Gasteiger partial charge on any atom is 0.306 e. The predicted molar refractivity (Wildman–Crippen MR) is 49.6 cm³/mol. The molecule has 3 heteroatoms. The number of carbonyl (C=O) groups is 1. The van der Waals surface area contributed by atoms with Gasteiger partial charge < -0.3 is 4.74 Å². The average molecular weight is 266 g/mol. The summed E-state index contributed by atoms with van der Waals surface area (Å²) in [6, 6.07) is 0. The van der Waals surface area contributed by atoms with E-state index in [1.54, 1.807) is 0 Å². The van der Waals surface area contributed by atoms with Crippen molar-refractivity contribution < 1.29 is 9.53 Å². The molecule has 2 bridgehead atoms. The number of hydrogen-bond donors (Lipinski definition) is 0. The third-order valence-corrected chi connectivity index (χ3v) is 5.13. The molecule has 0 spiro atoms. The largest absolute Gasteiger partial charge is 0.461 e. The quantitative estimate of drug-likeness (QED) is 0.380. The Balaban J connectivity index is 2.27. The topological polar surface area (TPSA) is 26.3 Å². The first-order valence-electron chi connectivity index (χ1n) is 3.95. The Hall–Kier alpha value is 0.200. The molecule has 3 unspecified atom stereocenters. The number of esters is 1. The van der Waals surface area contributed by atoms with Crippen LogP contribution in [0.5, 0.6) is 0 Å². The van der Waals surface area contributed by atoms with Gasteiger partial charge in [0.05, 0.1) is 10.3 Å². The average Bonchev–Trinajstić information content (AvgIpc) is 2.17. The van der Waals surface area contributed by atoms with Crippen LogP contribution in [0.3, 0.4) is 0 Å². The number of hydrogen-bond acceptors (Lipinski definition) is 2. The summed E-state index contributed by atoms with van der Waals surface area (Å²) < 4.78 is 5.75. The van der Waals surface area contributed by atoms with Crippen LogP contribution in [0.4, 0.5) is 0 Å². The number of rotatable bonds is 0. The molecule has 1 aliphatic carbocycles. The summed E-state index contributed by atoms with van der Waals surface area (Å²) in [6.07, 6.45) is 3.05. The first-order valence-corrected chi connectivity index (χ1v) is 5.20. The minimum Gasteiger partial charge on any atom is -0.461 e. The van der Waals surface area contributed by atoms with Crippen LogP contribution in [0.15, 0.2) is 0 Å². The van der Waals surface area contributed by atoms with Gasteiger partial charge in [0.1, 0.15) is 6.10 Å². The third-order valence-electron chi connectivity index (χ3n) is 2.82. The second kappa shape index (κ2) is 2.34. The molecule has 11 heavy (non-hydrogen) atoms. The molecule has 2 rings (SSSR count). The highest BCUT2D eigenvalue weighted by Gasteiger charge is 2.50. The van der Waals surface area contributed by atoms with E-state index in [-0.39, 0.29) is 17.5 Å². The summed E-state index contributed by atoms with van der Waals surface area (Å²) in [5.74, 6) is 0.00270. The fraction of sp³-hybridized carbons (Fsp3) is 0.875. The minimum absolute atomic E-state index is 0.00270.